The molecule has 1 heterocycles. The highest BCUT2D eigenvalue weighted by Crippen LogP contribution is 2.29. The Bertz CT molecular complexity index is 685. The van der Waals surface area contributed by atoms with Crippen molar-refractivity contribution in [2.45, 2.75) is 13.3 Å². The number of benzene rings is 1. The van der Waals surface area contributed by atoms with Crippen molar-refractivity contribution in [3.05, 3.63) is 29.3 Å². The van der Waals surface area contributed by atoms with Crippen molar-refractivity contribution in [3.63, 3.8) is 0 Å². The van der Waals surface area contributed by atoms with Gasteiger partial charge < -0.3 is 9.47 Å². The second-order valence-electron chi connectivity index (χ2n) is 5.33. The number of barbiturate groups is 1. The van der Waals surface area contributed by atoms with Gasteiger partial charge in [-0.2, -0.15) is 0 Å². The smallest absolute Gasteiger partial charge is 0.333 e. The molecule has 0 aromatic heterocycles. The van der Waals surface area contributed by atoms with Crippen LogP contribution in [-0.4, -0.2) is 55.5 Å². The lowest BCUT2D eigenvalue weighted by Crippen LogP contribution is -2.52. The summed E-state index contributed by atoms with van der Waals surface area (Å²) in [5.41, 5.74) is 0.529. The van der Waals surface area contributed by atoms with E-state index in [9.17, 15) is 14.4 Å². The summed E-state index contributed by atoms with van der Waals surface area (Å²) in [7, 11) is 4.21. The summed E-state index contributed by atoms with van der Waals surface area (Å²) in [4.78, 5) is 38.0. The van der Waals surface area contributed by atoms with E-state index in [1.54, 1.807) is 18.2 Å². The lowest BCUT2D eigenvalue weighted by molar-refractivity contribution is -0.134. The Morgan fingerprint density at radius 1 is 1.04 bits per heavy atom. The van der Waals surface area contributed by atoms with Crippen LogP contribution in [0.3, 0.4) is 0 Å². The van der Waals surface area contributed by atoms with Gasteiger partial charge in [0.15, 0.2) is 11.5 Å². The Kier molecular flexibility index (Phi) is 5.23. The normalized spacial score (nSPS) is 15.0. The first-order valence-electron chi connectivity index (χ1n) is 7.53. The fraction of sp³-hybridized carbons (Fsp3) is 0.353. The molecule has 24 heavy (non-hydrogen) atoms. The number of imide groups is 2. The maximum absolute atomic E-state index is 12.2. The number of urea groups is 1. The first-order chi connectivity index (χ1) is 11.4. The van der Waals surface area contributed by atoms with Crippen LogP contribution in [0.5, 0.6) is 11.5 Å². The quantitative estimate of drug-likeness (QED) is 0.608. The third kappa shape index (κ3) is 3.24. The number of likely N-dealkylation sites (N-methyl/N-ethyl adjacent to an activating group) is 2. The van der Waals surface area contributed by atoms with Crippen LogP contribution >= 0.6 is 0 Å². The van der Waals surface area contributed by atoms with Crippen LogP contribution in [-0.2, 0) is 9.59 Å². The molecule has 0 atom stereocenters. The van der Waals surface area contributed by atoms with E-state index in [4.69, 9.17) is 9.47 Å². The average Bonchev–Trinajstić information content (AvgIpc) is 2.60. The molecule has 2 rings (SSSR count). The fourth-order valence-electron chi connectivity index (χ4n) is 2.25. The third-order valence-electron chi connectivity index (χ3n) is 3.60. The van der Waals surface area contributed by atoms with Gasteiger partial charge in [0, 0.05) is 14.1 Å². The minimum atomic E-state index is -0.649. The van der Waals surface area contributed by atoms with E-state index in [2.05, 4.69) is 0 Å². The number of carbonyl (C=O) groups is 3. The monoisotopic (exact) mass is 332 g/mol. The molecule has 0 spiro atoms. The molecule has 0 saturated carbocycles. The Morgan fingerprint density at radius 2 is 1.67 bits per heavy atom. The first kappa shape index (κ1) is 17.5. The molecule has 0 N–H and O–H groups in total. The van der Waals surface area contributed by atoms with Crippen molar-refractivity contribution in [1.82, 2.24) is 9.80 Å². The Labute approximate surface area is 140 Å². The molecule has 0 aliphatic carbocycles. The van der Waals surface area contributed by atoms with Gasteiger partial charge in [0.1, 0.15) is 5.57 Å². The largest absolute Gasteiger partial charge is 0.493 e. The van der Waals surface area contributed by atoms with Crippen molar-refractivity contribution < 1.29 is 23.9 Å². The number of rotatable bonds is 5. The predicted molar refractivity (Wildman–Crippen MR) is 87.7 cm³/mol. The molecule has 0 unspecified atom stereocenters. The summed E-state index contributed by atoms with van der Waals surface area (Å²) in [6, 6.07) is 4.46. The number of amides is 4. The minimum absolute atomic E-state index is 0.0776. The van der Waals surface area contributed by atoms with Gasteiger partial charge >= 0.3 is 6.03 Å². The Hall–Kier alpha value is -2.83. The van der Waals surface area contributed by atoms with Gasteiger partial charge in [-0.1, -0.05) is 13.0 Å². The van der Waals surface area contributed by atoms with Gasteiger partial charge in [0.2, 0.25) is 0 Å². The maximum atomic E-state index is 12.2. The molecule has 1 fully saturated rings. The maximum Gasteiger partial charge on any atom is 0.333 e. The first-order valence-corrected chi connectivity index (χ1v) is 7.53. The fourth-order valence-corrected chi connectivity index (χ4v) is 2.25. The van der Waals surface area contributed by atoms with Crippen LogP contribution in [0.1, 0.15) is 18.9 Å². The van der Waals surface area contributed by atoms with Crippen molar-refractivity contribution in [2.75, 3.05) is 27.8 Å². The molecule has 1 saturated heterocycles. The minimum Gasteiger partial charge on any atom is -0.493 e. The summed E-state index contributed by atoms with van der Waals surface area (Å²) in [6.45, 7) is 2.51. The van der Waals surface area contributed by atoms with Gasteiger partial charge in [-0.25, -0.2) is 4.79 Å². The van der Waals surface area contributed by atoms with Crippen LogP contribution in [0, 0.1) is 0 Å². The van der Waals surface area contributed by atoms with E-state index in [-0.39, 0.29) is 5.57 Å². The molecule has 7 heteroatoms. The number of methoxy groups -OCH3 is 1. The summed E-state index contributed by atoms with van der Waals surface area (Å²) in [5.74, 6) is -0.164. The van der Waals surface area contributed by atoms with Gasteiger partial charge in [0.05, 0.1) is 13.7 Å². The average molecular weight is 332 g/mol. The molecule has 1 aromatic carbocycles. The molecule has 0 bridgehead atoms. The predicted octanol–water partition coefficient (Wildman–Crippen LogP) is 1.92. The second kappa shape index (κ2) is 7.16. The zero-order chi connectivity index (χ0) is 17.9. The zero-order valence-corrected chi connectivity index (χ0v) is 14.2. The molecule has 0 radical (unpaired) electrons. The number of hydrogen-bond donors (Lipinski definition) is 0. The summed E-state index contributed by atoms with van der Waals surface area (Å²) in [6.07, 6.45) is 2.28. The van der Waals surface area contributed by atoms with E-state index < -0.39 is 17.8 Å². The molecular formula is C17H20N2O5. The molecule has 1 aliphatic heterocycles. The van der Waals surface area contributed by atoms with Crippen molar-refractivity contribution in [1.29, 1.82) is 0 Å². The van der Waals surface area contributed by atoms with Gasteiger partial charge in [-0.15, -0.1) is 0 Å². The van der Waals surface area contributed by atoms with Crippen LogP contribution in [0.15, 0.2) is 23.8 Å². The van der Waals surface area contributed by atoms with Crippen molar-refractivity contribution >= 4 is 23.9 Å². The number of hydrogen-bond acceptors (Lipinski definition) is 5. The lowest BCUT2D eigenvalue weighted by atomic mass is 10.1. The number of nitrogens with zero attached hydrogens (tertiary/aromatic N) is 2. The molecule has 1 aliphatic rings. The van der Waals surface area contributed by atoms with Gasteiger partial charge in [-0.05, 0) is 30.2 Å². The van der Waals surface area contributed by atoms with E-state index in [0.29, 0.717) is 23.7 Å². The summed E-state index contributed by atoms with van der Waals surface area (Å²) >= 11 is 0. The molecule has 7 nitrogen and oxygen atoms in total. The SMILES string of the molecule is CCCOc1cc(C=C2C(=O)N(C)C(=O)N(C)C2=O)ccc1OC. The van der Waals surface area contributed by atoms with Crippen LogP contribution in [0.2, 0.25) is 0 Å². The molecule has 1 aromatic rings. The summed E-state index contributed by atoms with van der Waals surface area (Å²) in [5, 5.41) is 0. The molecule has 128 valence electrons. The van der Waals surface area contributed by atoms with Gasteiger partial charge in [-0.3, -0.25) is 19.4 Å². The van der Waals surface area contributed by atoms with E-state index in [0.717, 1.165) is 16.2 Å². The third-order valence-corrected chi connectivity index (χ3v) is 3.60. The van der Waals surface area contributed by atoms with E-state index in [1.165, 1.54) is 27.3 Å². The second-order valence-corrected chi connectivity index (χ2v) is 5.33. The van der Waals surface area contributed by atoms with Crippen molar-refractivity contribution in [3.8, 4) is 11.5 Å². The van der Waals surface area contributed by atoms with Crippen molar-refractivity contribution in [2.24, 2.45) is 0 Å². The lowest BCUT2D eigenvalue weighted by Gasteiger charge is -2.28. The van der Waals surface area contributed by atoms with E-state index in [1.807, 2.05) is 6.92 Å². The highest BCUT2D eigenvalue weighted by atomic mass is 16.5. The zero-order valence-electron chi connectivity index (χ0n) is 14.2. The number of ether oxygens (including phenoxy) is 2. The van der Waals surface area contributed by atoms with Crippen LogP contribution in [0.4, 0.5) is 4.79 Å². The highest BCUT2D eigenvalue weighted by molar-refractivity contribution is 6.30. The standard InChI is InChI=1S/C17H20N2O5/c1-5-8-24-14-10-11(6-7-13(14)23-4)9-12-15(20)18(2)17(22)19(3)16(12)21/h6-7,9-10H,5,8H2,1-4H3. The topological polar surface area (TPSA) is 76.2 Å². The molecular weight excluding hydrogens is 312 g/mol. The van der Waals surface area contributed by atoms with Crippen LogP contribution in [0.25, 0.3) is 6.08 Å². The summed E-state index contributed by atoms with van der Waals surface area (Å²) < 4.78 is 10.9. The Balaban J connectivity index is 2.40. The van der Waals surface area contributed by atoms with Gasteiger partial charge in [0.25, 0.3) is 11.8 Å². The Morgan fingerprint density at radius 3 is 2.21 bits per heavy atom. The number of carbonyl (C=O) groups excluding carboxylic acids is 3. The van der Waals surface area contributed by atoms with E-state index >= 15 is 0 Å². The van der Waals surface area contributed by atoms with Crippen LogP contribution < -0.4 is 9.47 Å². The highest BCUT2D eigenvalue weighted by Gasteiger charge is 2.37. The molecule has 4 amide bonds.